The number of hydrogen-bond donors (Lipinski definition) is 1. The van der Waals surface area contributed by atoms with Crippen LogP contribution in [0, 0.1) is 17.2 Å². The van der Waals surface area contributed by atoms with E-state index in [0.29, 0.717) is 15.6 Å². The van der Waals surface area contributed by atoms with Crippen LogP contribution in [0.3, 0.4) is 0 Å². The quantitative estimate of drug-likeness (QED) is 0.873. The molecule has 0 amide bonds. The van der Waals surface area contributed by atoms with Crippen molar-refractivity contribution in [3.63, 3.8) is 0 Å². The average Bonchev–Trinajstić information content (AvgIpc) is 2.85. The maximum atomic E-state index is 9.11. The highest BCUT2D eigenvalue weighted by Crippen LogP contribution is 2.38. The number of nitrogens with zero attached hydrogens (tertiary/aromatic N) is 3. The molecule has 0 spiro atoms. The van der Waals surface area contributed by atoms with Crippen molar-refractivity contribution in [2.24, 2.45) is 5.92 Å². The van der Waals surface area contributed by atoms with Crippen LogP contribution in [-0.4, -0.2) is 16.3 Å². The largest absolute Gasteiger partial charge is 0.369 e. The third kappa shape index (κ3) is 2.04. The molecule has 2 atom stereocenters. The lowest BCUT2D eigenvalue weighted by molar-refractivity contribution is 0.372. The van der Waals surface area contributed by atoms with E-state index in [4.69, 9.17) is 28.5 Å². The zero-order valence-corrected chi connectivity index (χ0v) is 12.3. The molecule has 0 radical (unpaired) electrons. The normalized spacial score (nSPS) is 20.9. The van der Waals surface area contributed by atoms with E-state index in [9.17, 15) is 0 Å². The predicted octanol–water partition coefficient (Wildman–Crippen LogP) is 3.71. The maximum absolute atomic E-state index is 9.11. The lowest BCUT2D eigenvalue weighted by Crippen LogP contribution is -2.32. The first-order valence-electron chi connectivity index (χ1n) is 6.28. The van der Waals surface area contributed by atoms with Gasteiger partial charge in [0.2, 0.25) is 0 Å². The third-order valence-electron chi connectivity index (χ3n) is 3.59. The van der Waals surface area contributed by atoms with E-state index in [2.05, 4.69) is 23.4 Å². The van der Waals surface area contributed by atoms with Crippen LogP contribution in [0.4, 0.5) is 5.82 Å². The van der Waals surface area contributed by atoms with Crippen LogP contribution in [0.15, 0.2) is 24.4 Å². The molecule has 0 aliphatic carbocycles. The van der Waals surface area contributed by atoms with Crippen LogP contribution < -0.4 is 5.32 Å². The second-order valence-electron chi connectivity index (χ2n) is 4.93. The fourth-order valence-corrected chi connectivity index (χ4v) is 3.03. The molecule has 6 heteroatoms. The molecule has 1 aromatic carbocycles. The van der Waals surface area contributed by atoms with Gasteiger partial charge in [0, 0.05) is 22.5 Å². The fraction of sp³-hybridized carbons (Fsp3) is 0.286. The van der Waals surface area contributed by atoms with Gasteiger partial charge in [-0.05, 0) is 23.8 Å². The Hall–Kier alpha value is -1.70. The molecule has 0 saturated carbocycles. The van der Waals surface area contributed by atoms with Crippen molar-refractivity contribution in [3.05, 3.63) is 45.6 Å². The van der Waals surface area contributed by atoms with Gasteiger partial charge < -0.3 is 5.32 Å². The summed E-state index contributed by atoms with van der Waals surface area (Å²) >= 11 is 12.4. The standard InChI is InChI=1S/C14H12Cl2N4/c1-8-6-18-14-9(5-17)7-19-20(14)13(8)11-4-10(15)2-3-12(11)16/h2-4,7-8,13,18H,6H2,1H3. The van der Waals surface area contributed by atoms with Gasteiger partial charge >= 0.3 is 0 Å². The van der Waals surface area contributed by atoms with Crippen molar-refractivity contribution in [2.75, 3.05) is 11.9 Å². The van der Waals surface area contributed by atoms with E-state index in [-0.39, 0.29) is 12.0 Å². The summed E-state index contributed by atoms with van der Waals surface area (Å²) in [4.78, 5) is 0. The number of nitriles is 1. The lowest BCUT2D eigenvalue weighted by Gasteiger charge is -2.32. The van der Waals surface area contributed by atoms with Gasteiger partial charge in [0.25, 0.3) is 0 Å². The summed E-state index contributed by atoms with van der Waals surface area (Å²) in [7, 11) is 0. The van der Waals surface area contributed by atoms with Gasteiger partial charge in [0.15, 0.2) is 0 Å². The summed E-state index contributed by atoms with van der Waals surface area (Å²) in [6.07, 6.45) is 1.58. The average molecular weight is 307 g/mol. The number of anilines is 1. The Labute approximate surface area is 126 Å². The highest BCUT2D eigenvalue weighted by atomic mass is 35.5. The van der Waals surface area contributed by atoms with Gasteiger partial charge in [-0.25, -0.2) is 4.68 Å². The second-order valence-corrected chi connectivity index (χ2v) is 5.78. The fourth-order valence-electron chi connectivity index (χ4n) is 2.62. The van der Waals surface area contributed by atoms with Crippen LogP contribution in [0.5, 0.6) is 0 Å². The van der Waals surface area contributed by atoms with E-state index in [1.807, 2.05) is 10.7 Å². The first kappa shape index (κ1) is 13.3. The minimum atomic E-state index is -0.0282. The zero-order valence-electron chi connectivity index (χ0n) is 10.8. The molecular formula is C14H12Cl2N4. The minimum Gasteiger partial charge on any atom is -0.369 e. The molecule has 20 heavy (non-hydrogen) atoms. The van der Waals surface area contributed by atoms with E-state index in [0.717, 1.165) is 17.9 Å². The van der Waals surface area contributed by atoms with Gasteiger partial charge in [-0.15, -0.1) is 0 Å². The molecule has 0 bridgehead atoms. The molecule has 3 rings (SSSR count). The Morgan fingerprint density at radius 1 is 1.45 bits per heavy atom. The Bertz CT molecular complexity index is 702. The molecule has 1 aromatic heterocycles. The van der Waals surface area contributed by atoms with E-state index >= 15 is 0 Å². The number of nitrogens with one attached hydrogen (secondary N) is 1. The van der Waals surface area contributed by atoms with Crippen LogP contribution in [0.25, 0.3) is 0 Å². The highest BCUT2D eigenvalue weighted by molar-refractivity contribution is 6.33. The van der Waals surface area contributed by atoms with Crippen molar-refractivity contribution < 1.29 is 0 Å². The Kier molecular flexibility index (Phi) is 3.33. The molecule has 1 aliphatic heterocycles. The molecule has 2 aromatic rings. The highest BCUT2D eigenvalue weighted by Gasteiger charge is 2.31. The van der Waals surface area contributed by atoms with E-state index in [1.54, 1.807) is 18.3 Å². The molecule has 1 N–H and O–H groups in total. The van der Waals surface area contributed by atoms with Crippen molar-refractivity contribution in [3.8, 4) is 6.07 Å². The van der Waals surface area contributed by atoms with Gasteiger partial charge in [-0.3, -0.25) is 0 Å². The maximum Gasteiger partial charge on any atom is 0.143 e. The summed E-state index contributed by atoms with van der Waals surface area (Å²) in [6, 6.07) is 7.55. The Morgan fingerprint density at radius 2 is 2.25 bits per heavy atom. The number of benzene rings is 1. The zero-order chi connectivity index (χ0) is 14.3. The molecule has 0 saturated heterocycles. The second kappa shape index (κ2) is 5.01. The van der Waals surface area contributed by atoms with Gasteiger partial charge in [0.1, 0.15) is 17.5 Å². The molecule has 102 valence electrons. The number of aromatic nitrogens is 2. The third-order valence-corrected chi connectivity index (χ3v) is 4.17. The van der Waals surface area contributed by atoms with Crippen LogP contribution in [-0.2, 0) is 0 Å². The first-order valence-corrected chi connectivity index (χ1v) is 7.04. The smallest absolute Gasteiger partial charge is 0.143 e. The summed E-state index contributed by atoms with van der Waals surface area (Å²) in [5, 5.41) is 18.0. The van der Waals surface area contributed by atoms with Gasteiger partial charge in [-0.2, -0.15) is 10.4 Å². The van der Waals surface area contributed by atoms with Gasteiger partial charge in [0.05, 0.1) is 12.2 Å². The Balaban J connectivity index is 2.16. The van der Waals surface area contributed by atoms with E-state index in [1.165, 1.54) is 0 Å². The first-order chi connectivity index (χ1) is 9.61. The van der Waals surface area contributed by atoms with E-state index < -0.39 is 0 Å². The van der Waals surface area contributed by atoms with Crippen molar-refractivity contribution in [2.45, 2.75) is 13.0 Å². The SMILES string of the molecule is CC1CNc2c(C#N)cnn2C1c1cc(Cl)ccc1Cl. The molecule has 0 fully saturated rings. The van der Waals surface area contributed by atoms with Gasteiger partial charge in [-0.1, -0.05) is 30.1 Å². The molecule has 1 aliphatic rings. The Morgan fingerprint density at radius 3 is 3.00 bits per heavy atom. The number of hydrogen-bond acceptors (Lipinski definition) is 3. The predicted molar refractivity (Wildman–Crippen MR) is 79.2 cm³/mol. The molecule has 2 heterocycles. The monoisotopic (exact) mass is 306 g/mol. The lowest BCUT2D eigenvalue weighted by atomic mass is 9.93. The minimum absolute atomic E-state index is 0.0282. The van der Waals surface area contributed by atoms with Crippen LogP contribution >= 0.6 is 23.2 Å². The number of fused-ring (bicyclic) bond motifs is 1. The topological polar surface area (TPSA) is 53.6 Å². The molecule has 4 nitrogen and oxygen atoms in total. The summed E-state index contributed by atoms with van der Waals surface area (Å²) < 4.78 is 1.82. The van der Waals surface area contributed by atoms with Crippen molar-refractivity contribution in [1.29, 1.82) is 5.26 Å². The summed E-state index contributed by atoms with van der Waals surface area (Å²) in [5.74, 6) is 1.02. The number of rotatable bonds is 1. The number of halogens is 2. The summed E-state index contributed by atoms with van der Waals surface area (Å²) in [6.45, 7) is 2.87. The molecule has 2 unspecified atom stereocenters. The summed E-state index contributed by atoms with van der Waals surface area (Å²) in [5.41, 5.74) is 1.47. The van der Waals surface area contributed by atoms with Crippen LogP contribution in [0.1, 0.15) is 24.1 Å². The van der Waals surface area contributed by atoms with Crippen LogP contribution in [0.2, 0.25) is 10.0 Å². The van der Waals surface area contributed by atoms with Crippen molar-refractivity contribution >= 4 is 29.0 Å². The van der Waals surface area contributed by atoms with Crippen molar-refractivity contribution in [1.82, 2.24) is 9.78 Å². The molecular weight excluding hydrogens is 295 g/mol.